The van der Waals surface area contributed by atoms with Crippen LogP contribution in [-0.2, 0) is 14.2 Å². The third kappa shape index (κ3) is 2.76. The Bertz CT molecular complexity index is 130. The standard InChI is InChI=1S/C7H12O4/c1-9-5-10-7(8)11-6-3-2-4-6/h6H,2-5H2,1H3. The molecule has 0 saturated heterocycles. The van der Waals surface area contributed by atoms with Gasteiger partial charge in [-0.2, -0.15) is 0 Å². The van der Waals surface area contributed by atoms with Gasteiger partial charge in [0.15, 0.2) is 6.79 Å². The van der Waals surface area contributed by atoms with E-state index in [2.05, 4.69) is 9.47 Å². The molecule has 0 spiro atoms. The molecule has 0 aromatic heterocycles. The van der Waals surface area contributed by atoms with Crippen molar-refractivity contribution >= 4 is 6.16 Å². The number of carbonyl (C=O) groups is 1. The second kappa shape index (κ2) is 4.18. The van der Waals surface area contributed by atoms with Gasteiger partial charge in [0, 0.05) is 7.11 Å². The lowest BCUT2D eigenvalue weighted by molar-refractivity contribution is -0.0522. The van der Waals surface area contributed by atoms with Crippen molar-refractivity contribution in [3.05, 3.63) is 0 Å². The predicted molar refractivity (Wildman–Crippen MR) is 37.1 cm³/mol. The summed E-state index contributed by atoms with van der Waals surface area (Å²) in [5.74, 6) is 0. The lowest BCUT2D eigenvalue weighted by Crippen LogP contribution is -2.25. The van der Waals surface area contributed by atoms with Crippen LogP contribution < -0.4 is 0 Å². The molecule has 0 bridgehead atoms. The van der Waals surface area contributed by atoms with Gasteiger partial charge >= 0.3 is 6.16 Å². The molecule has 1 rings (SSSR count). The van der Waals surface area contributed by atoms with E-state index in [-0.39, 0.29) is 12.9 Å². The number of ether oxygens (including phenoxy) is 3. The van der Waals surface area contributed by atoms with E-state index >= 15 is 0 Å². The summed E-state index contributed by atoms with van der Waals surface area (Å²) in [6.45, 7) is -0.0362. The highest BCUT2D eigenvalue weighted by atomic mass is 16.8. The van der Waals surface area contributed by atoms with Crippen LogP contribution in [0, 0.1) is 0 Å². The number of hydrogen-bond donors (Lipinski definition) is 0. The first-order valence-electron chi connectivity index (χ1n) is 3.65. The Morgan fingerprint density at radius 3 is 2.73 bits per heavy atom. The molecule has 4 nitrogen and oxygen atoms in total. The highest BCUT2D eigenvalue weighted by Gasteiger charge is 2.22. The molecule has 0 amide bonds. The van der Waals surface area contributed by atoms with Crippen molar-refractivity contribution in [1.29, 1.82) is 0 Å². The topological polar surface area (TPSA) is 44.8 Å². The van der Waals surface area contributed by atoms with Crippen molar-refractivity contribution < 1.29 is 19.0 Å². The summed E-state index contributed by atoms with van der Waals surface area (Å²) in [7, 11) is 1.45. The minimum Gasteiger partial charge on any atom is -0.431 e. The zero-order valence-corrected chi connectivity index (χ0v) is 6.54. The van der Waals surface area contributed by atoms with E-state index in [1.807, 2.05) is 0 Å². The molecule has 1 aliphatic rings. The van der Waals surface area contributed by atoms with Crippen LogP contribution in [0.3, 0.4) is 0 Å². The third-order valence-corrected chi connectivity index (χ3v) is 1.61. The van der Waals surface area contributed by atoms with Gasteiger partial charge in [-0.3, -0.25) is 0 Å². The molecule has 0 atom stereocenters. The van der Waals surface area contributed by atoms with Gasteiger partial charge in [-0.25, -0.2) is 4.79 Å². The summed E-state index contributed by atoms with van der Waals surface area (Å²) in [5, 5.41) is 0. The fourth-order valence-corrected chi connectivity index (χ4v) is 0.766. The van der Waals surface area contributed by atoms with Crippen molar-refractivity contribution in [2.45, 2.75) is 25.4 Å². The Morgan fingerprint density at radius 1 is 1.55 bits per heavy atom. The summed E-state index contributed by atoms with van der Waals surface area (Å²) < 4.78 is 13.9. The molecular formula is C7H12O4. The molecule has 4 heteroatoms. The van der Waals surface area contributed by atoms with Crippen LogP contribution in [0.2, 0.25) is 0 Å². The first-order chi connectivity index (χ1) is 5.33. The van der Waals surface area contributed by atoms with Crippen LogP contribution in [-0.4, -0.2) is 26.2 Å². The lowest BCUT2D eigenvalue weighted by Gasteiger charge is -2.24. The van der Waals surface area contributed by atoms with Crippen LogP contribution >= 0.6 is 0 Å². The highest BCUT2D eigenvalue weighted by molar-refractivity contribution is 5.60. The molecule has 0 N–H and O–H groups in total. The van der Waals surface area contributed by atoms with Gasteiger partial charge in [-0.1, -0.05) is 0 Å². The number of hydrogen-bond acceptors (Lipinski definition) is 4. The fourth-order valence-electron chi connectivity index (χ4n) is 0.766. The summed E-state index contributed by atoms with van der Waals surface area (Å²) in [6, 6.07) is 0. The fraction of sp³-hybridized carbons (Fsp3) is 0.857. The Morgan fingerprint density at radius 2 is 2.27 bits per heavy atom. The first kappa shape index (κ1) is 8.33. The predicted octanol–water partition coefficient (Wildman–Crippen LogP) is 1.30. The van der Waals surface area contributed by atoms with Crippen LogP contribution in [0.25, 0.3) is 0 Å². The summed E-state index contributed by atoms with van der Waals surface area (Å²) in [4.78, 5) is 10.7. The summed E-state index contributed by atoms with van der Waals surface area (Å²) in [5.41, 5.74) is 0. The van der Waals surface area contributed by atoms with Crippen molar-refractivity contribution in [3.8, 4) is 0 Å². The average molecular weight is 160 g/mol. The summed E-state index contributed by atoms with van der Waals surface area (Å²) in [6.07, 6.45) is 2.52. The number of rotatable bonds is 3. The first-order valence-corrected chi connectivity index (χ1v) is 3.65. The zero-order valence-electron chi connectivity index (χ0n) is 6.54. The SMILES string of the molecule is COCOC(=O)OC1CCC1. The maximum absolute atomic E-state index is 10.7. The van der Waals surface area contributed by atoms with E-state index < -0.39 is 6.16 Å². The normalized spacial score (nSPS) is 17.2. The van der Waals surface area contributed by atoms with Crippen molar-refractivity contribution in [2.75, 3.05) is 13.9 Å². The minimum absolute atomic E-state index is 0.0362. The molecular weight excluding hydrogens is 148 g/mol. The smallest absolute Gasteiger partial charge is 0.431 e. The van der Waals surface area contributed by atoms with Gasteiger partial charge in [-0.15, -0.1) is 0 Å². The van der Waals surface area contributed by atoms with E-state index in [1.165, 1.54) is 7.11 Å². The molecule has 0 aromatic carbocycles. The van der Waals surface area contributed by atoms with E-state index in [9.17, 15) is 4.79 Å². The van der Waals surface area contributed by atoms with Crippen LogP contribution in [0.4, 0.5) is 4.79 Å². The van der Waals surface area contributed by atoms with Gasteiger partial charge in [-0.05, 0) is 19.3 Å². The molecule has 0 aliphatic heterocycles. The summed E-state index contributed by atoms with van der Waals surface area (Å²) >= 11 is 0. The van der Waals surface area contributed by atoms with Crippen LogP contribution in [0.5, 0.6) is 0 Å². The quantitative estimate of drug-likeness (QED) is 0.461. The Balaban J connectivity index is 2.00. The lowest BCUT2D eigenvalue weighted by atomic mass is 9.96. The third-order valence-electron chi connectivity index (χ3n) is 1.61. The maximum atomic E-state index is 10.7. The Kier molecular flexibility index (Phi) is 3.16. The van der Waals surface area contributed by atoms with E-state index in [1.54, 1.807) is 0 Å². The van der Waals surface area contributed by atoms with Gasteiger partial charge in [0.05, 0.1) is 0 Å². The Hall–Kier alpha value is -0.770. The Labute approximate surface area is 65.4 Å². The maximum Gasteiger partial charge on any atom is 0.510 e. The highest BCUT2D eigenvalue weighted by Crippen LogP contribution is 2.22. The molecule has 0 heterocycles. The number of methoxy groups -OCH3 is 1. The number of carbonyl (C=O) groups excluding carboxylic acids is 1. The van der Waals surface area contributed by atoms with Crippen molar-refractivity contribution in [3.63, 3.8) is 0 Å². The zero-order chi connectivity index (χ0) is 8.10. The second-order valence-electron chi connectivity index (χ2n) is 2.47. The van der Waals surface area contributed by atoms with Gasteiger partial charge in [0.1, 0.15) is 6.10 Å². The van der Waals surface area contributed by atoms with E-state index in [0.29, 0.717) is 0 Å². The van der Waals surface area contributed by atoms with Crippen molar-refractivity contribution in [2.24, 2.45) is 0 Å². The largest absolute Gasteiger partial charge is 0.510 e. The average Bonchev–Trinajstić information content (AvgIpc) is 1.93. The molecule has 0 radical (unpaired) electrons. The van der Waals surface area contributed by atoms with Gasteiger partial charge < -0.3 is 14.2 Å². The minimum atomic E-state index is -0.628. The van der Waals surface area contributed by atoms with Crippen LogP contribution in [0.15, 0.2) is 0 Å². The molecule has 0 aromatic rings. The van der Waals surface area contributed by atoms with Gasteiger partial charge in [0.25, 0.3) is 0 Å². The molecule has 1 saturated carbocycles. The van der Waals surface area contributed by atoms with Crippen molar-refractivity contribution in [1.82, 2.24) is 0 Å². The molecule has 11 heavy (non-hydrogen) atoms. The monoisotopic (exact) mass is 160 g/mol. The second-order valence-corrected chi connectivity index (χ2v) is 2.47. The molecule has 0 unspecified atom stereocenters. The molecule has 64 valence electrons. The van der Waals surface area contributed by atoms with Gasteiger partial charge in [0.2, 0.25) is 0 Å². The van der Waals surface area contributed by atoms with Crippen LogP contribution in [0.1, 0.15) is 19.3 Å². The van der Waals surface area contributed by atoms with E-state index in [4.69, 9.17) is 4.74 Å². The molecule has 1 aliphatic carbocycles. The molecule has 1 fully saturated rings. The van der Waals surface area contributed by atoms with E-state index in [0.717, 1.165) is 19.3 Å².